The van der Waals surface area contributed by atoms with E-state index in [2.05, 4.69) is 17.2 Å². The number of carbonyl (C=O) groups is 1. The molecular weight excluding hydrogens is 269 g/mol. The molecule has 3 nitrogen and oxygen atoms in total. The van der Waals surface area contributed by atoms with Crippen LogP contribution in [0.5, 0.6) is 5.75 Å². The summed E-state index contributed by atoms with van der Waals surface area (Å²) >= 11 is 0. The van der Waals surface area contributed by atoms with Crippen LogP contribution >= 0.6 is 0 Å². The lowest BCUT2D eigenvalue weighted by molar-refractivity contribution is 0.0955. The van der Waals surface area contributed by atoms with Gasteiger partial charge in [-0.15, -0.1) is 0 Å². The van der Waals surface area contributed by atoms with Gasteiger partial charge in [-0.2, -0.15) is 0 Å². The summed E-state index contributed by atoms with van der Waals surface area (Å²) in [7, 11) is 1.50. The third kappa shape index (κ3) is 3.83. The summed E-state index contributed by atoms with van der Waals surface area (Å²) < 4.78 is 18.4. The molecule has 0 saturated heterocycles. The van der Waals surface area contributed by atoms with Crippen LogP contribution in [0.2, 0.25) is 0 Å². The molecule has 0 unspecified atom stereocenters. The van der Waals surface area contributed by atoms with Gasteiger partial charge in [-0.1, -0.05) is 36.1 Å². The molecule has 0 radical (unpaired) electrons. The van der Waals surface area contributed by atoms with E-state index in [0.29, 0.717) is 16.9 Å². The van der Waals surface area contributed by atoms with Gasteiger partial charge in [0.15, 0.2) is 0 Å². The molecule has 0 aliphatic heterocycles. The highest BCUT2D eigenvalue weighted by atomic mass is 19.1. The molecule has 0 atom stereocenters. The topological polar surface area (TPSA) is 38.3 Å². The predicted octanol–water partition coefficient (Wildman–Crippen LogP) is 2.62. The number of carbonyl (C=O) groups excluding carboxylic acids is 1. The van der Waals surface area contributed by atoms with Gasteiger partial charge in [-0.25, -0.2) is 4.39 Å². The first-order chi connectivity index (χ1) is 10.2. The molecule has 0 aliphatic carbocycles. The largest absolute Gasteiger partial charge is 0.496 e. The Kier molecular flexibility index (Phi) is 4.94. The minimum absolute atomic E-state index is 0.130. The fourth-order valence-electron chi connectivity index (χ4n) is 1.75. The molecule has 1 N–H and O–H groups in total. The number of hydrogen-bond donors (Lipinski definition) is 1. The quantitative estimate of drug-likeness (QED) is 0.879. The van der Waals surface area contributed by atoms with Crippen molar-refractivity contribution in [1.82, 2.24) is 5.32 Å². The first-order valence-corrected chi connectivity index (χ1v) is 6.37. The molecule has 1 amide bonds. The smallest absolute Gasteiger partial charge is 0.255 e. The lowest BCUT2D eigenvalue weighted by Crippen LogP contribution is -2.24. The van der Waals surface area contributed by atoms with E-state index in [9.17, 15) is 9.18 Å². The van der Waals surface area contributed by atoms with Gasteiger partial charge in [0, 0.05) is 0 Å². The Labute approximate surface area is 122 Å². The summed E-state index contributed by atoms with van der Waals surface area (Å²) in [6.45, 7) is 0.130. The van der Waals surface area contributed by atoms with Crippen LogP contribution in [-0.4, -0.2) is 19.6 Å². The van der Waals surface area contributed by atoms with E-state index in [4.69, 9.17) is 4.74 Å². The molecule has 2 rings (SSSR count). The van der Waals surface area contributed by atoms with Crippen molar-refractivity contribution in [2.24, 2.45) is 0 Å². The van der Waals surface area contributed by atoms with Crippen molar-refractivity contribution in [1.29, 1.82) is 0 Å². The second kappa shape index (κ2) is 7.11. The maximum absolute atomic E-state index is 13.3. The van der Waals surface area contributed by atoms with Gasteiger partial charge < -0.3 is 10.1 Å². The summed E-state index contributed by atoms with van der Waals surface area (Å²) in [5.41, 5.74) is 0.747. The third-order valence-electron chi connectivity index (χ3n) is 2.79. The van der Waals surface area contributed by atoms with Crippen LogP contribution in [0, 0.1) is 17.7 Å². The predicted molar refractivity (Wildman–Crippen MR) is 78.6 cm³/mol. The Morgan fingerprint density at radius 1 is 1.19 bits per heavy atom. The number of methoxy groups -OCH3 is 1. The van der Waals surface area contributed by atoms with Gasteiger partial charge in [0.25, 0.3) is 5.91 Å². The number of para-hydroxylation sites is 1. The number of hydrogen-bond acceptors (Lipinski definition) is 2. The summed E-state index contributed by atoms with van der Waals surface area (Å²) in [4.78, 5) is 12.0. The maximum atomic E-state index is 13.3. The first kappa shape index (κ1) is 14.6. The standard InChI is InChI=1S/C17H14FNO2/c1-21-16-11-5-3-9-14(16)17(20)19-12-6-8-13-7-2-4-10-15(13)18/h2-5,7,9-11H,12H2,1H3,(H,19,20). The van der Waals surface area contributed by atoms with Gasteiger partial charge in [0.05, 0.1) is 24.8 Å². The third-order valence-corrected chi connectivity index (χ3v) is 2.79. The van der Waals surface area contributed by atoms with E-state index in [1.807, 2.05) is 0 Å². The maximum Gasteiger partial charge on any atom is 0.255 e. The summed E-state index contributed by atoms with van der Waals surface area (Å²) in [6.07, 6.45) is 0. The Bertz CT molecular complexity index is 701. The van der Waals surface area contributed by atoms with Crippen LogP contribution in [0.3, 0.4) is 0 Å². The Hall–Kier alpha value is -2.80. The zero-order valence-corrected chi connectivity index (χ0v) is 11.5. The molecule has 2 aromatic carbocycles. The summed E-state index contributed by atoms with van der Waals surface area (Å²) in [5, 5.41) is 2.65. The Morgan fingerprint density at radius 2 is 1.90 bits per heavy atom. The SMILES string of the molecule is COc1ccccc1C(=O)NCC#Cc1ccccc1F. The first-order valence-electron chi connectivity index (χ1n) is 6.37. The van der Waals surface area contributed by atoms with Gasteiger partial charge in [0.2, 0.25) is 0 Å². The molecule has 0 aromatic heterocycles. The normalized spacial score (nSPS) is 9.43. The van der Waals surface area contributed by atoms with Crippen LogP contribution in [0.15, 0.2) is 48.5 Å². The van der Waals surface area contributed by atoms with Crippen LogP contribution in [0.4, 0.5) is 4.39 Å². The van der Waals surface area contributed by atoms with E-state index in [0.717, 1.165) is 0 Å². The molecule has 0 heterocycles. The van der Waals surface area contributed by atoms with Crippen molar-refractivity contribution >= 4 is 5.91 Å². The monoisotopic (exact) mass is 283 g/mol. The molecule has 21 heavy (non-hydrogen) atoms. The molecule has 0 bridgehead atoms. The number of rotatable bonds is 3. The van der Waals surface area contributed by atoms with Crippen molar-refractivity contribution in [3.05, 3.63) is 65.5 Å². The van der Waals surface area contributed by atoms with E-state index in [-0.39, 0.29) is 18.3 Å². The molecule has 2 aromatic rings. The number of benzene rings is 2. The van der Waals surface area contributed by atoms with E-state index in [1.54, 1.807) is 42.5 Å². The van der Waals surface area contributed by atoms with Crippen molar-refractivity contribution in [2.75, 3.05) is 13.7 Å². The number of nitrogens with one attached hydrogen (secondary N) is 1. The zero-order chi connectivity index (χ0) is 15.1. The molecular formula is C17H14FNO2. The van der Waals surface area contributed by atoms with Crippen molar-refractivity contribution in [2.45, 2.75) is 0 Å². The van der Waals surface area contributed by atoms with Crippen LogP contribution < -0.4 is 10.1 Å². The van der Waals surface area contributed by atoms with Crippen LogP contribution in [0.25, 0.3) is 0 Å². The number of amides is 1. The zero-order valence-electron chi connectivity index (χ0n) is 11.5. The molecule has 0 aliphatic rings. The lowest BCUT2D eigenvalue weighted by atomic mass is 10.2. The van der Waals surface area contributed by atoms with Crippen molar-refractivity contribution in [3.8, 4) is 17.6 Å². The second-order valence-electron chi connectivity index (χ2n) is 4.16. The number of halogens is 1. The van der Waals surface area contributed by atoms with Gasteiger partial charge >= 0.3 is 0 Å². The molecule has 0 saturated carbocycles. The highest BCUT2D eigenvalue weighted by Gasteiger charge is 2.09. The molecule has 0 spiro atoms. The molecule has 106 valence electrons. The highest BCUT2D eigenvalue weighted by molar-refractivity contribution is 5.97. The highest BCUT2D eigenvalue weighted by Crippen LogP contribution is 2.16. The minimum atomic E-state index is -0.374. The fraction of sp³-hybridized carbons (Fsp3) is 0.118. The molecule has 4 heteroatoms. The Balaban J connectivity index is 1.98. The van der Waals surface area contributed by atoms with Gasteiger partial charge in [-0.05, 0) is 24.3 Å². The minimum Gasteiger partial charge on any atom is -0.496 e. The van der Waals surface area contributed by atoms with E-state index in [1.165, 1.54) is 13.2 Å². The molecule has 0 fully saturated rings. The van der Waals surface area contributed by atoms with Crippen molar-refractivity contribution in [3.63, 3.8) is 0 Å². The lowest BCUT2D eigenvalue weighted by Gasteiger charge is -2.06. The fourth-order valence-corrected chi connectivity index (χ4v) is 1.75. The van der Waals surface area contributed by atoms with Crippen LogP contribution in [-0.2, 0) is 0 Å². The van der Waals surface area contributed by atoms with Crippen molar-refractivity contribution < 1.29 is 13.9 Å². The van der Waals surface area contributed by atoms with E-state index < -0.39 is 0 Å². The summed E-state index contributed by atoms with van der Waals surface area (Å²) in [6, 6.07) is 13.2. The average Bonchev–Trinajstić information content (AvgIpc) is 2.52. The second-order valence-corrected chi connectivity index (χ2v) is 4.16. The summed E-state index contributed by atoms with van der Waals surface area (Å²) in [5.74, 6) is 5.24. The Morgan fingerprint density at radius 3 is 2.67 bits per heavy atom. The van der Waals surface area contributed by atoms with Gasteiger partial charge in [0.1, 0.15) is 11.6 Å². The average molecular weight is 283 g/mol. The van der Waals surface area contributed by atoms with Crippen LogP contribution in [0.1, 0.15) is 15.9 Å². The van der Waals surface area contributed by atoms with Gasteiger partial charge in [-0.3, -0.25) is 4.79 Å². The van der Waals surface area contributed by atoms with E-state index >= 15 is 0 Å². The number of ether oxygens (including phenoxy) is 1.